The number of aryl methyl sites for hydroxylation is 1. The molecule has 2 aromatic heterocycles. The fourth-order valence-electron chi connectivity index (χ4n) is 2.93. The maximum Gasteiger partial charge on any atom is 0.279 e. The summed E-state index contributed by atoms with van der Waals surface area (Å²) in [6.07, 6.45) is 6.44. The van der Waals surface area contributed by atoms with Crippen LogP contribution in [-0.4, -0.2) is 9.55 Å². The summed E-state index contributed by atoms with van der Waals surface area (Å²) in [5, 5.41) is 1.13. The second kappa shape index (κ2) is 4.10. The lowest BCUT2D eigenvalue weighted by Gasteiger charge is -2.10. The van der Waals surface area contributed by atoms with Crippen molar-refractivity contribution >= 4 is 10.9 Å². The quantitative estimate of drug-likeness (QED) is 0.755. The summed E-state index contributed by atoms with van der Waals surface area (Å²) in [6, 6.07) is 9.83. The Morgan fingerprint density at radius 1 is 1.20 bits per heavy atom. The van der Waals surface area contributed by atoms with Crippen LogP contribution >= 0.6 is 0 Å². The Kier molecular flexibility index (Phi) is 2.36. The molecule has 0 amide bonds. The zero-order valence-electron chi connectivity index (χ0n) is 11.4. The number of fused-ring (bicyclic) bond motifs is 1. The van der Waals surface area contributed by atoms with Gasteiger partial charge in [-0.1, -0.05) is 18.2 Å². The van der Waals surface area contributed by atoms with Gasteiger partial charge in [0.15, 0.2) is 0 Å². The highest BCUT2D eigenvalue weighted by atomic mass is 16.1. The second-order valence-electron chi connectivity index (χ2n) is 5.59. The van der Waals surface area contributed by atoms with Gasteiger partial charge in [0, 0.05) is 23.5 Å². The first-order valence-corrected chi connectivity index (χ1v) is 7.04. The molecule has 100 valence electrons. The van der Waals surface area contributed by atoms with Gasteiger partial charge in [0.05, 0.1) is 0 Å². The fraction of sp³-hybridized carbons (Fsp3) is 0.235. The summed E-state index contributed by atoms with van der Waals surface area (Å²) in [5.74, 6) is 0.613. The molecule has 1 saturated carbocycles. The van der Waals surface area contributed by atoms with Gasteiger partial charge in [0.25, 0.3) is 5.56 Å². The lowest BCUT2D eigenvalue weighted by molar-refractivity contribution is 0.967. The van der Waals surface area contributed by atoms with Crippen molar-refractivity contribution in [3.8, 4) is 5.69 Å². The molecule has 3 nitrogen and oxygen atoms in total. The van der Waals surface area contributed by atoms with Gasteiger partial charge in [-0.25, -0.2) is 0 Å². The number of hydrogen-bond acceptors (Lipinski definition) is 1. The van der Waals surface area contributed by atoms with Crippen LogP contribution in [0.1, 0.15) is 29.9 Å². The lowest BCUT2D eigenvalue weighted by Crippen LogP contribution is -2.19. The predicted octanol–water partition coefficient (Wildman–Crippen LogP) is 3.50. The number of aromatic nitrogens is 2. The minimum Gasteiger partial charge on any atom is -0.356 e. The molecule has 4 rings (SSSR count). The Morgan fingerprint density at radius 2 is 1.95 bits per heavy atom. The molecule has 3 heteroatoms. The van der Waals surface area contributed by atoms with E-state index in [1.54, 1.807) is 4.57 Å². The van der Waals surface area contributed by atoms with Crippen LogP contribution < -0.4 is 5.56 Å². The van der Waals surface area contributed by atoms with E-state index >= 15 is 0 Å². The van der Waals surface area contributed by atoms with Gasteiger partial charge in [0.2, 0.25) is 0 Å². The number of aromatic amines is 1. The largest absolute Gasteiger partial charge is 0.356 e. The van der Waals surface area contributed by atoms with Crippen molar-refractivity contribution in [1.29, 1.82) is 0 Å². The Balaban J connectivity index is 2.08. The summed E-state index contributed by atoms with van der Waals surface area (Å²) < 4.78 is 1.77. The third-order valence-electron chi connectivity index (χ3n) is 4.12. The average molecular weight is 264 g/mol. The summed E-state index contributed by atoms with van der Waals surface area (Å²) in [6.45, 7) is 2.07. The van der Waals surface area contributed by atoms with Gasteiger partial charge in [-0.05, 0) is 48.9 Å². The zero-order valence-corrected chi connectivity index (χ0v) is 11.4. The van der Waals surface area contributed by atoms with Crippen molar-refractivity contribution in [2.75, 3.05) is 0 Å². The molecule has 2 heterocycles. The number of nitrogens with zero attached hydrogens (tertiary/aromatic N) is 1. The summed E-state index contributed by atoms with van der Waals surface area (Å²) >= 11 is 0. The standard InChI is InChI=1S/C17H16N2O/c1-11-9-18-16-15(11)14(12-7-8-12)10-19(17(16)20)13-5-3-2-4-6-13/h2-6,9-10,12,18H,7-8H2,1H3. The highest BCUT2D eigenvalue weighted by Gasteiger charge is 2.28. The molecule has 0 atom stereocenters. The van der Waals surface area contributed by atoms with E-state index in [4.69, 9.17) is 0 Å². The zero-order chi connectivity index (χ0) is 13.7. The average Bonchev–Trinajstić information content (AvgIpc) is 3.24. The summed E-state index contributed by atoms with van der Waals surface area (Å²) in [5.41, 5.74) is 4.16. The minimum absolute atomic E-state index is 0.0312. The highest BCUT2D eigenvalue weighted by molar-refractivity contribution is 5.86. The molecule has 1 N–H and O–H groups in total. The summed E-state index contributed by atoms with van der Waals surface area (Å²) in [4.78, 5) is 15.8. The van der Waals surface area contributed by atoms with Gasteiger partial charge < -0.3 is 4.98 Å². The Hall–Kier alpha value is -2.29. The van der Waals surface area contributed by atoms with Crippen LogP contribution in [0, 0.1) is 6.92 Å². The van der Waals surface area contributed by atoms with E-state index in [1.165, 1.54) is 24.0 Å². The number of H-pyrrole nitrogens is 1. The Morgan fingerprint density at radius 3 is 2.65 bits per heavy atom. The number of rotatable bonds is 2. The van der Waals surface area contributed by atoms with E-state index in [0.29, 0.717) is 5.92 Å². The van der Waals surface area contributed by atoms with E-state index in [9.17, 15) is 4.79 Å². The monoisotopic (exact) mass is 264 g/mol. The number of benzene rings is 1. The van der Waals surface area contributed by atoms with Crippen LogP contribution in [0.3, 0.4) is 0 Å². The number of hydrogen-bond donors (Lipinski definition) is 1. The molecule has 20 heavy (non-hydrogen) atoms. The van der Waals surface area contributed by atoms with Crippen molar-refractivity contribution in [2.45, 2.75) is 25.7 Å². The first-order chi connectivity index (χ1) is 9.75. The first kappa shape index (κ1) is 11.5. The van der Waals surface area contributed by atoms with Crippen molar-refractivity contribution in [1.82, 2.24) is 9.55 Å². The van der Waals surface area contributed by atoms with Gasteiger partial charge in [-0.2, -0.15) is 0 Å². The molecule has 1 aliphatic rings. The van der Waals surface area contributed by atoms with Crippen molar-refractivity contribution in [2.24, 2.45) is 0 Å². The van der Waals surface area contributed by atoms with Crippen LogP contribution in [-0.2, 0) is 0 Å². The number of pyridine rings is 1. The van der Waals surface area contributed by atoms with Crippen LogP contribution in [0.25, 0.3) is 16.6 Å². The fourth-order valence-corrected chi connectivity index (χ4v) is 2.93. The Labute approximate surface area is 116 Å². The molecule has 0 bridgehead atoms. The molecular formula is C17H16N2O. The predicted molar refractivity (Wildman–Crippen MR) is 80.6 cm³/mol. The molecule has 1 fully saturated rings. The number of para-hydroxylation sites is 1. The van der Waals surface area contributed by atoms with Gasteiger partial charge >= 0.3 is 0 Å². The topological polar surface area (TPSA) is 37.8 Å². The normalized spacial score (nSPS) is 14.8. The van der Waals surface area contributed by atoms with E-state index in [-0.39, 0.29) is 5.56 Å². The molecule has 1 aromatic carbocycles. The third-order valence-corrected chi connectivity index (χ3v) is 4.12. The third kappa shape index (κ3) is 1.63. The smallest absolute Gasteiger partial charge is 0.279 e. The molecule has 0 saturated heterocycles. The maximum atomic E-state index is 12.7. The molecule has 0 radical (unpaired) electrons. The first-order valence-electron chi connectivity index (χ1n) is 7.04. The molecule has 0 spiro atoms. The van der Waals surface area contributed by atoms with Crippen LogP contribution in [0.15, 0.2) is 47.5 Å². The van der Waals surface area contributed by atoms with Crippen molar-refractivity contribution in [3.05, 3.63) is 64.2 Å². The molecule has 0 unspecified atom stereocenters. The van der Waals surface area contributed by atoms with Crippen LogP contribution in [0.4, 0.5) is 0 Å². The summed E-state index contributed by atoms with van der Waals surface area (Å²) in [7, 11) is 0. The molecule has 0 aliphatic heterocycles. The van der Waals surface area contributed by atoms with E-state index in [2.05, 4.69) is 11.9 Å². The SMILES string of the molecule is Cc1c[nH]c2c(=O)n(-c3ccccc3)cc(C3CC3)c12. The highest BCUT2D eigenvalue weighted by Crippen LogP contribution is 2.43. The molecule has 3 aromatic rings. The van der Waals surface area contributed by atoms with Crippen molar-refractivity contribution < 1.29 is 0 Å². The van der Waals surface area contributed by atoms with Crippen molar-refractivity contribution in [3.63, 3.8) is 0 Å². The van der Waals surface area contributed by atoms with Gasteiger partial charge in [-0.3, -0.25) is 9.36 Å². The Bertz CT molecular complexity index is 839. The molecular weight excluding hydrogens is 248 g/mol. The van der Waals surface area contributed by atoms with Crippen LogP contribution in [0.2, 0.25) is 0 Å². The van der Waals surface area contributed by atoms with Crippen LogP contribution in [0.5, 0.6) is 0 Å². The van der Waals surface area contributed by atoms with Gasteiger partial charge in [-0.15, -0.1) is 0 Å². The maximum absolute atomic E-state index is 12.7. The van der Waals surface area contributed by atoms with Gasteiger partial charge in [0.1, 0.15) is 5.52 Å². The van der Waals surface area contributed by atoms with E-state index in [1.807, 2.05) is 42.7 Å². The van der Waals surface area contributed by atoms with E-state index in [0.717, 1.165) is 16.6 Å². The lowest BCUT2D eigenvalue weighted by atomic mass is 10.1. The minimum atomic E-state index is 0.0312. The molecule has 1 aliphatic carbocycles. The second-order valence-corrected chi connectivity index (χ2v) is 5.59. The number of nitrogens with one attached hydrogen (secondary N) is 1. The van der Waals surface area contributed by atoms with E-state index < -0.39 is 0 Å².